The fraction of sp³-hybridized carbons (Fsp3) is 0.304. The molecule has 1 aromatic heterocycles. The zero-order chi connectivity index (χ0) is 25.0. The van der Waals surface area contributed by atoms with Crippen LogP contribution in [0.1, 0.15) is 41.6 Å². The van der Waals surface area contributed by atoms with Gasteiger partial charge in [0.2, 0.25) is 5.91 Å². The van der Waals surface area contributed by atoms with Crippen LogP contribution in [-0.2, 0) is 11.8 Å². The highest BCUT2D eigenvalue weighted by molar-refractivity contribution is 9.10. The Hall–Kier alpha value is -2.07. The van der Waals surface area contributed by atoms with E-state index in [1.54, 1.807) is 16.7 Å². The number of carbonyl (C=O) groups excluding carboxylic acids is 2. The largest absolute Gasteiger partial charge is 0.342 e. The molecule has 1 heterocycles. The van der Waals surface area contributed by atoms with Gasteiger partial charge in [-0.25, -0.2) is 0 Å². The zero-order valence-electron chi connectivity index (χ0n) is 19.0. The quantitative estimate of drug-likeness (QED) is 0.315. The molecule has 0 aliphatic rings. The Morgan fingerprint density at radius 1 is 1.12 bits per heavy atom. The molecule has 3 aromatic rings. The van der Waals surface area contributed by atoms with E-state index in [1.165, 1.54) is 17.8 Å². The van der Waals surface area contributed by atoms with Crippen LogP contribution in [0.15, 0.2) is 46.0 Å². The van der Waals surface area contributed by atoms with E-state index >= 15 is 0 Å². The van der Waals surface area contributed by atoms with Gasteiger partial charge in [-0.05, 0) is 54.8 Å². The van der Waals surface area contributed by atoms with Crippen molar-refractivity contribution in [2.75, 3.05) is 11.1 Å². The molecule has 180 valence electrons. The minimum Gasteiger partial charge on any atom is -0.342 e. The first-order valence-corrected chi connectivity index (χ1v) is 12.9. The molecule has 0 spiro atoms. The minimum absolute atomic E-state index is 0.0381. The molecule has 0 aliphatic carbocycles. The average Bonchev–Trinajstić information content (AvgIpc) is 3.14. The second kappa shape index (κ2) is 11.6. The van der Waals surface area contributed by atoms with Crippen molar-refractivity contribution in [3.05, 3.63) is 67.9 Å². The summed E-state index contributed by atoms with van der Waals surface area (Å²) >= 11 is 16.7. The maximum absolute atomic E-state index is 12.8. The standard InChI is InChI=1S/C23H24BrCl2N5O2S/c1-12(2)20(28-22(33)14-5-7-16(25)17(26)10-14)21-29-30-23(31(21)4)34-11-19(32)27-18-8-6-15(24)9-13(18)3/h5-10,12,20H,11H2,1-4H3,(H,27,32)(H,28,33)/t20-/m0/s1. The highest BCUT2D eigenvalue weighted by Gasteiger charge is 2.25. The van der Waals surface area contributed by atoms with Crippen LogP contribution in [0, 0.1) is 12.8 Å². The molecule has 7 nitrogen and oxygen atoms in total. The lowest BCUT2D eigenvalue weighted by molar-refractivity contribution is -0.113. The monoisotopic (exact) mass is 583 g/mol. The van der Waals surface area contributed by atoms with Crippen LogP contribution < -0.4 is 10.6 Å². The smallest absolute Gasteiger partial charge is 0.251 e. The van der Waals surface area contributed by atoms with E-state index in [4.69, 9.17) is 23.2 Å². The number of nitrogens with one attached hydrogen (secondary N) is 2. The average molecular weight is 585 g/mol. The van der Waals surface area contributed by atoms with Crippen molar-refractivity contribution in [3.8, 4) is 0 Å². The van der Waals surface area contributed by atoms with Crippen LogP contribution in [0.3, 0.4) is 0 Å². The van der Waals surface area contributed by atoms with E-state index in [0.29, 0.717) is 26.6 Å². The van der Waals surface area contributed by atoms with Crippen molar-refractivity contribution in [2.45, 2.75) is 32.0 Å². The zero-order valence-corrected chi connectivity index (χ0v) is 22.9. The lowest BCUT2D eigenvalue weighted by atomic mass is 10.0. The summed E-state index contributed by atoms with van der Waals surface area (Å²) in [6.45, 7) is 5.89. The number of halogens is 3. The summed E-state index contributed by atoms with van der Waals surface area (Å²) in [5.74, 6) is 0.363. The molecule has 0 aliphatic heterocycles. The molecule has 2 aromatic carbocycles. The van der Waals surface area contributed by atoms with E-state index in [-0.39, 0.29) is 23.5 Å². The van der Waals surface area contributed by atoms with Gasteiger partial charge in [-0.2, -0.15) is 0 Å². The third kappa shape index (κ3) is 6.53. The van der Waals surface area contributed by atoms with Crippen LogP contribution in [-0.4, -0.2) is 32.3 Å². The Bertz CT molecular complexity index is 1220. The topological polar surface area (TPSA) is 88.9 Å². The van der Waals surface area contributed by atoms with Crippen molar-refractivity contribution in [1.29, 1.82) is 0 Å². The highest BCUT2D eigenvalue weighted by atomic mass is 79.9. The number of rotatable bonds is 8. The van der Waals surface area contributed by atoms with Gasteiger partial charge < -0.3 is 15.2 Å². The van der Waals surface area contributed by atoms with Crippen molar-refractivity contribution >= 4 is 68.4 Å². The lowest BCUT2D eigenvalue weighted by Crippen LogP contribution is -2.33. The Labute approximate surface area is 221 Å². The maximum atomic E-state index is 12.8. The van der Waals surface area contributed by atoms with Gasteiger partial charge in [0.1, 0.15) is 0 Å². The molecule has 34 heavy (non-hydrogen) atoms. The number of hydrogen-bond donors (Lipinski definition) is 2. The van der Waals surface area contributed by atoms with Crippen LogP contribution in [0.5, 0.6) is 0 Å². The molecule has 11 heteroatoms. The molecule has 0 radical (unpaired) electrons. The van der Waals surface area contributed by atoms with Gasteiger partial charge in [0.05, 0.1) is 21.8 Å². The van der Waals surface area contributed by atoms with Gasteiger partial charge in [0.25, 0.3) is 5.91 Å². The van der Waals surface area contributed by atoms with Crippen molar-refractivity contribution in [1.82, 2.24) is 20.1 Å². The maximum Gasteiger partial charge on any atom is 0.251 e. The minimum atomic E-state index is -0.395. The molecule has 0 saturated heterocycles. The summed E-state index contributed by atoms with van der Waals surface area (Å²) in [6, 6.07) is 10.0. The number of amides is 2. The van der Waals surface area contributed by atoms with Gasteiger partial charge >= 0.3 is 0 Å². The number of hydrogen-bond acceptors (Lipinski definition) is 5. The van der Waals surface area contributed by atoms with E-state index in [1.807, 2.05) is 46.0 Å². The summed E-state index contributed by atoms with van der Waals surface area (Å²) < 4.78 is 2.75. The molecule has 2 N–H and O–H groups in total. The van der Waals surface area contributed by atoms with Crippen LogP contribution in [0.4, 0.5) is 5.69 Å². The first kappa shape index (κ1) is 26.5. The Morgan fingerprint density at radius 3 is 2.50 bits per heavy atom. The summed E-state index contributed by atoms with van der Waals surface area (Å²) in [5, 5.41) is 15.7. The van der Waals surface area contributed by atoms with E-state index in [0.717, 1.165) is 15.7 Å². The number of benzene rings is 2. The van der Waals surface area contributed by atoms with E-state index in [9.17, 15) is 9.59 Å². The number of anilines is 1. The van der Waals surface area contributed by atoms with Gasteiger partial charge in [-0.3, -0.25) is 9.59 Å². The number of carbonyl (C=O) groups is 2. The molecule has 0 fully saturated rings. The second-order valence-corrected chi connectivity index (χ2v) is 10.7. The molecule has 0 bridgehead atoms. The lowest BCUT2D eigenvalue weighted by Gasteiger charge is -2.22. The number of thioether (sulfide) groups is 1. The predicted molar refractivity (Wildman–Crippen MR) is 141 cm³/mol. The predicted octanol–water partition coefficient (Wildman–Crippen LogP) is 6.05. The first-order chi connectivity index (χ1) is 16.1. The van der Waals surface area contributed by atoms with Crippen molar-refractivity contribution in [3.63, 3.8) is 0 Å². The Kier molecular flexibility index (Phi) is 9.03. The van der Waals surface area contributed by atoms with Crippen LogP contribution >= 0.6 is 50.9 Å². The van der Waals surface area contributed by atoms with E-state index < -0.39 is 6.04 Å². The summed E-state index contributed by atoms with van der Waals surface area (Å²) in [6.07, 6.45) is 0. The number of aromatic nitrogens is 3. The normalized spacial score (nSPS) is 12.0. The molecule has 1 atom stereocenters. The summed E-state index contributed by atoms with van der Waals surface area (Å²) in [4.78, 5) is 25.3. The van der Waals surface area contributed by atoms with Gasteiger partial charge in [-0.1, -0.05) is 64.7 Å². The van der Waals surface area contributed by atoms with Crippen molar-refractivity contribution < 1.29 is 9.59 Å². The molecule has 3 rings (SSSR count). The SMILES string of the molecule is Cc1cc(Br)ccc1NC(=O)CSc1nnc([C@@H](NC(=O)c2ccc(Cl)c(Cl)c2)C(C)C)n1C. The summed E-state index contributed by atoms with van der Waals surface area (Å²) in [7, 11) is 1.81. The highest BCUT2D eigenvalue weighted by Crippen LogP contribution is 2.27. The van der Waals surface area contributed by atoms with Gasteiger partial charge in [0.15, 0.2) is 11.0 Å². The fourth-order valence-electron chi connectivity index (χ4n) is 3.20. The third-order valence-electron chi connectivity index (χ3n) is 5.08. The molecule has 0 saturated carbocycles. The third-order valence-corrected chi connectivity index (χ3v) is 7.33. The number of aryl methyl sites for hydroxylation is 1. The number of nitrogens with zero attached hydrogens (tertiary/aromatic N) is 3. The fourth-order valence-corrected chi connectivity index (χ4v) is 4.69. The Morgan fingerprint density at radius 2 is 1.85 bits per heavy atom. The molecular weight excluding hydrogens is 561 g/mol. The summed E-state index contributed by atoms with van der Waals surface area (Å²) in [5.41, 5.74) is 2.13. The Balaban J connectivity index is 1.68. The molecule has 0 unspecified atom stereocenters. The second-order valence-electron chi connectivity index (χ2n) is 8.02. The van der Waals surface area contributed by atoms with Gasteiger partial charge in [0, 0.05) is 22.8 Å². The van der Waals surface area contributed by atoms with Gasteiger partial charge in [-0.15, -0.1) is 10.2 Å². The van der Waals surface area contributed by atoms with Crippen LogP contribution in [0.25, 0.3) is 0 Å². The molecule has 2 amide bonds. The van der Waals surface area contributed by atoms with Crippen LogP contribution in [0.2, 0.25) is 10.0 Å². The van der Waals surface area contributed by atoms with E-state index in [2.05, 4.69) is 36.8 Å². The molecular formula is C23H24BrCl2N5O2S. The van der Waals surface area contributed by atoms with Crippen molar-refractivity contribution in [2.24, 2.45) is 13.0 Å². The first-order valence-electron chi connectivity index (χ1n) is 10.4.